The zero-order chi connectivity index (χ0) is 32.2. The molecule has 50 heavy (non-hydrogen) atoms. The van der Waals surface area contributed by atoms with E-state index in [1.807, 2.05) is 0 Å². The third-order valence-electron chi connectivity index (χ3n) is 8.40. The zero-order valence-electron chi connectivity index (χ0n) is 32.3. The van der Waals surface area contributed by atoms with E-state index in [9.17, 15) is 9.59 Å². The molecule has 0 aliphatic heterocycles. The number of carbonyl (C=O) groups excluding carboxylic acids is 2. The molecule has 6 aliphatic rings. The largest absolute Gasteiger partial charge is 1.00 e. The van der Waals surface area contributed by atoms with Crippen LogP contribution in [0.4, 0.5) is 0 Å². The zero-order valence-corrected chi connectivity index (χ0v) is 36.4. The van der Waals surface area contributed by atoms with Gasteiger partial charge in [-0.3, -0.25) is 9.59 Å². The van der Waals surface area contributed by atoms with Crippen molar-refractivity contribution < 1.29 is 137 Å². The van der Waals surface area contributed by atoms with Crippen LogP contribution < -0.4 is 56.6 Å². The molecule has 0 spiro atoms. The second kappa shape index (κ2) is 62.9. The molecule has 0 amide bonds. The summed E-state index contributed by atoms with van der Waals surface area (Å²) in [7, 11) is 0. The van der Waals surface area contributed by atoms with Gasteiger partial charge in [0.1, 0.15) is 0 Å². The fraction of sp³-hybridized carbons (Fsp3) is 0.838. The molecule has 0 bridgehead atoms. The summed E-state index contributed by atoms with van der Waals surface area (Å²) in [6.07, 6.45) is 41.6. The number of aliphatic carboxylic acids is 2. The maximum Gasteiger partial charge on any atom is 1.00 e. The van der Waals surface area contributed by atoms with E-state index >= 15 is 0 Å². The van der Waals surface area contributed by atoms with Crippen molar-refractivity contribution in [2.45, 2.75) is 187 Å². The van der Waals surface area contributed by atoms with E-state index < -0.39 is 11.9 Å². The molecule has 0 radical (unpaired) electrons. The van der Waals surface area contributed by atoms with Crippen molar-refractivity contribution in [3.8, 4) is 0 Å². The summed E-state index contributed by atoms with van der Waals surface area (Å²) in [5.74, 6) is -1.25. The quantitative estimate of drug-likeness (QED) is 0.335. The Hall–Kier alpha value is 1.96. The molecule has 0 unspecified atom stereocenters. The molecule has 0 saturated heterocycles. The van der Waals surface area contributed by atoms with Crippen molar-refractivity contribution in [1.82, 2.24) is 0 Å². The summed E-state index contributed by atoms with van der Waals surface area (Å²) in [4.78, 5) is 36.7. The van der Waals surface area contributed by atoms with Crippen molar-refractivity contribution in [2.24, 2.45) is 11.8 Å². The van der Waals surface area contributed by atoms with E-state index in [2.05, 4.69) is 26.7 Å². The van der Waals surface area contributed by atoms with Crippen LogP contribution in [0.5, 0.6) is 0 Å². The second-order valence-electron chi connectivity index (χ2n) is 12.3. The minimum absolute atomic E-state index is 0. The van der Waals surface area contributed by atoms with Gasteiger partial charge in [0.05, 0.1) is 11.8 Å². The molecule has 0 heterocycles. The third kappa shape index (κ3) is 59.2. The molecule has 2 N–H and O–H groups in total. The van der Waals surface area contributed by atoms with Gasteiger partial charge in [0.25, 0.3) is 0 Å². The average Bonchev–Trinajstić information content (AvgIpc) is 3.91. The van der Waals surface area contributed by atoms with Crippen LogP contribution in [0.25, 0.3) is 0 Å². The van der Waals surface area contributed by atoms with Crippen molar-refractivity contribution in [3.05, 3.63) is 19.8 Å². The Morgan fingerprint density at radius 1 is 0.540 bits per heavy atom. The molecule has 0 atom stereocenters. The minimum Gasteiger partial charge on any atom is -0.481 e. The molecular weight excluding hydrogens is 764 g/mol. The van der Waals surface area contributed by atoms with E-state index in [4.69, 9.17) is 19.8 Å². The number of hydrogen-bond donors (Lipinski definition) is 2. The number of rotatable bonds is 3. The molecule has 6 rings (SSSR count). The van der Waals surface area contributed by atoms with Crippen LogP contribution in [0.1, 0.15) is 187 Å². The number of carboxylic acids is 2. The molecule has 6 aliphatic carbocycles. The predicted octanol–water partition coefficient (Wildman–Crippen LogP) is 2.42. The van der Waals surface area contributed by atoms with Gasteiger partial charge in [-0.15, -0.1) is 12.4 Å². The van der Waals surface area contributed by atoms with E-state index in [1.54, 1.807) is 0 Å². The molecule has 13 heteroatoms. The Labute approximate surface area is 382 Å². The Morgan fingerprint density at radius 3 is 0.800 bits per heavy atom. The van der Waals surface area contributed by atoms with Crippen LogP contribution in [0, 0.1) is 31.6 Å². The van der Waals surface area contributed by atoms with E-state index in [1.165, 1.54) is 122 Å². The molecule has 6 nitrogen and oxygen atoms in total. The van der Waals surface area contributed by atoms with E-state index in [-0.39, 0.29) is 138 Å². The van der Waals surface area contributed by atoms with Crippen LogP contribution in [-0.2, 0) is 70.4 Å². The topological polar surface area (TPSA) is 109 Å². The Kier molecular flexibility index (Phi) is 92.0. The normalized spacial score (nSPS) is 17.2. The smallest absolute Gasteiger partial charge is 0.481 e. The third-order valence-corrected chi connectivity index (χ3v) is 8.40. The fourth-order valence-corrected chi connectivity index (χ4v) is 5.56. The van der Waals surface area contributed by atoms with Gasteiger partial charge in [-0.2, -0.15) is 41.7 Å². The van der Waals surface area contributed by atoms with Crippen molar-refractivity contribution in [1.29, 1.82) is 0 Å². The Morgan fingerprint density at radius 2 is 0.720 bits per heavy atom. The molecule has 6 fully saturated rings. The first-order chi connectivity index (χ1) is 20.9. The predicted molar refractivity (Wildman–Crippen MR) is 183 cm³/mol. The van der Waals surface area contributed by atoms with E-state index in [0.29, 0.717) is 0 Å². The first-order valence-corrected chi connectivity index (χ1v) is 17.8. The van der Waals surface area contributed by atoms with Gasteiger partial charge in [0, 0.05) is 51.2 Å². The first-order valence-electron chi connectivity index (χ1n) is 17.8. The fourth-order valence-electron chi connectivity index (χ4n) is 5.56. The maximum absolute atomic E-state index is 10.2. The van der Waals surface area contributed by atoms with Gasteiger partial charge >= 0.3 is 74.7 Å². The van der Waals surface area contributed by atoms with Gasteiger partial charge in [0.15, 0.2) is 0 Å². The number of halogens is 1. The van der Waals surface area contributed by atoms with Crippen LogP contribution in [0.15, 0.2) is 0 Å². The molecule has 6 saturated carbocycles. The van der Waals surface area contributed by atoms with Crippen LogP contribution in [0.2, 0.25) is 0 Å². The van der Waals surface area contributed by atoms with Crippen molar-refractivity contribution in [3.63, 3.8) is 0 Å². The summed E-state index contributed by atoms with van der Waals surface area (Å²) >= 11 is 0. The van der Waals surface area contributed by atoms with Crippen LogP contribution in [-0.4, -0.2) is 28.3 Å². The summed E-state index contributed by atoms with van der Waals surface area (Å²) < 4.78 is 0. The van der Waals surface area contributed by atoms with Crippen molar-refractivity contribution >= 4 is 30.5 Å². The summed E-state index contributed by atoms with van der Waals surface area (Å²) in [6, 6.07) is 0. The van der Waals surface area contributed by atoms with Crippen LogP contribution >= 0.6 is 12.4 Å². The van der Waals surface area contributed by atoms with Crippen LogP contribution in [0.3, 0.4) is 0 Å². The summed E-state index contributed by atoms with van der Waals surface area (Å²) in [5.41, 5.74) is 0. The van der Waals surface area contributed by atoms with Gasteiger partial charge in [-0.05, 0) is 25.7 Å². The number of hydrogen-bond acceptors (Lipinski definition) is 4. The molecule has 0 aromatic carbocycles. The number of carboxylic acid groups (broad SMARTS) is 2. The second-order valence-corrected chi connectivity index (χ2v) is 12.3. The number of carbonyl (C=O) groups is 2. The molecule has 0 aromatic heterocycles. The molecular formula is C37H68ClFe3Li3O6. The molecule has 0 aromatic rings. The summed E-state index contributed by atoms with van der Waals surface area (Å²) in [5, 5.41) is 16.8. The van der Waals surface area contributed by atoms with E-state index in [0.717, 1.165) is 57.8 Å². The van der Waals surface area contributed by atoms with Gasteiger partial charge in [-0.25, -0.2) is 0 Å². The Bertz CT molecular complexity index is 542. The summed E-state index contributed by atoms with van der Waals surface area (Å²) in [6.45, 7) is 5.72. The standard InChI is InChI=1S/2C6H10O2.2C5H10.2C5H9.C4H9.CO2.ClH.3Fe.3Li/c2*7-6(8)5-3-1-2-4-5;4*1-2-4-5-3-1;1-3-4-2;2-1-3;;;;;;;/h2*5H,1-4H2,(H,7,8);2*1-5H2;2*1H,2-5H2;1,3-4H2,2H3;;1H;;;;;;/q;;;;3*-1;;;;;;3*+1. The van der Waals surface area contributed by atoms with Gasteiger partial charge < -0.3 is 30.0 Å². The number of unbranched alkanes of at least 4 members (excludes halogenated alkanes) is 1. The average molecular weight is 833 g/mol. The SMILES string of the molecule is C1CCCC1.C1CCCC1.Cl.O=C(O)C1CCCC1.O=C(O)C1CCCC1.O=C=O.[CH-]1CCCC1.[CH-]1CCCC1.[CH2-]CCC.[Fe].[Fe].[Fe].[Li+].[Li+].[Li+]. The minimum atomic E-state index is -0.609. The van der Waals surface area contributed by atoms with Crippen molar-refractivity contribution in [2.75, 3.05) is 0 Å². The molecule has 286 valence electrons. The van der Waals surface area contributed by atoms with Gasteiger partial charge in [0.2, 0.25) is 0 Å². The first kappa shape index (κ1) is 73.1. The Balaban J connectivity index is -0.0000000547. The van der Waals surface area contributed by atoms with Gasteiger partial charge in [-0.1, -0.05) is 129 Å². The monoisotopic (exact) mass is 832 g/mol. The maximum atomic E-state index is 10.2.